The Labute approximate surface area is 114 Å². The van der Waals surface area contributed by atoms with E-state index in [-0.39, 0.29) is 0 Å². The van der Waals surface area contributed by atoms with Crippen molar-refractivity contribution in [2.45, 2.75) is 6.54 Å². The summed E-state index contributed by atoms with van der Waals surface area (Å²) in [5.74, 6) is -0.419. The lowest BCUT2D eigenvalue weighted by Gasteiger charge is -2.07. The molecule has 0 spiro atoms. The molecule has 0 unspecified atom stereocenters. The normalized spacial score (nSPS) is 10.2. The number of ether oxygens (including phenoxy) is 1. The van der Waals surface area contributed by atoms with Gasteiger partial charge in [0.2, 0.25) is 0 Å². The molecule has 0 bridgehead atoms. The minimum atomic E-state index is -0.419. The summed E-state index contributed by atoms with van der Waals surface area (Å²) in [7, 11) is 1.32. The van der Waals surface area contributed by atoms with Gasteiger partial charge < -0.3 is 9.30 Å². The van der Waals surface area contributed by atoms with Crippen LogP contribution in [0.4, 0.5) is 0 Å². The Morgan fingerprint density at radius 3 is 2.95 bits per heavy atom. The van der Waals surface area contributed by atoms with Crippen molar-refractivity contribution in [3.63, 3.8) is 0 Å². The first-order valence-corrected chi connectivity index (χ1v) is 5.85. The summed E-state index contributed by atoms with van der Waals surface area (Å²) < 4.78 is 6.37. The third-order valence-corrected chi connectivity index (χ3v) is 2.96. The van der Waals surface area contributed by atoms with E-state index in [1.807, 2.05) is 0 Å². The molecule has 0 radical (unpaired) electrons. The summed E-state index contributed by atoms with van der Waals surface area (Å²) in [4.78, 5) is 25.9. The number of rotatable bonds is 4. The Balaban J connectivity index is 2.28. The van der Waals surface area contributed by atoms with Crippen LogP contribution in [0.1, 0.15) is 26.4 Å². The summed E-state index contributed by atoms with van der Waals surface area (Å²) in [5, 5.41) is 0.536. The van der Waals surface area contributed by atoms with Crippen LogP contribution in [-0.2, 0) is 11.3 Å². The summed E-state index contributed by atoms with van der Waals surface area (Å²) in [6, 6.07) is 4.90. The number of esters is 1. The lowest BCUT2D eigenvalue weighted by Crippen LogP contribution is -2.04. The van der Waals surface area contributed by atoms with Crippen molar-refractivity contribution in [1.29, 1.82) is 0 Å². The smallest absolute Gasteiger partial charge is 0.337 e. The number of carbonyl (C=O) groups is 2. The van der Waals surface area contributed by atoms with Crippen LogP contribution in [0.15, 0.2) is 30.7 Å². The molecule has 5 nitrogen and oxygen atoms in total. The van der Waals surface area contributed by atoms with Crippen molar-refractivity contribution < 1.29 is 14.3 Å². The zero-order chi connectivity index (χ0) is 13.8. The summed E-state index contributed by atoms with van der Waals surface area (Å²) in [6.45, 7) is 0.421. The van der Waals surface area contributed by atoms with Crippen molar-refractivity contribution in [2.75, 3.05) is 7.11 Å². The van der Waals surface area contributed by atoms with Gasteiger partial charge in [-0.25, -0.2) is 9.78 Å². The number of nitrogens with zero attached hydrogens (tertiary/aromatic N) is 2. The highest BCUT2D eigenvalue weighted by Crippen LogP contribution is 2.19. The molecule has 1 aromatic heterocycles. The number of methoxy groups -OCH3 is 1. The summed E-state index contributed by atoms with van der Waals surface area (Å²) in [6.07, 6.45) is 3.81. The zero-order valence-corrected chi connectivity index (χ0v) is 10.9. The standard InChI is InChI=1S/C13H11ClN2O3/c1-19-13(18)9-2-3-12(14)10(4-9)5-16-6-11(7-17)15-8-16/h2-4,6-8H,5H2,1H3. The molecule has 0 aliphatic carbocycles. The fourth-order valence-electron chi connectivity index (χ4n) is 1.66. The van der Waals surface area contributed by atoms with E-state index in [2.05, 4.69) is 9.72 Å². The van der Waals surface area contributed by atoms with Crippen LogP contribution in [0.5, 0.6) is 0 Å². The minimum Gasteiger partial charge on any atom is -0.465 e. The van der Waals surface area contributed by atoms with E-state index >= 15 is 0 Å². The van der Waals surface area contributed by atoms with Crippen molar-refractivity contribution >= 4 is 23.9 Å². The van der Waals surface area contributed by atoms with Crippen molar-refractivity contribution in [3.8, 4) is 0 Å². The molecule has 0 aliphatic rings. The lowest BCUT2D eigenvalue weighted by molar-refractivity contribution is 0.0600. The quantitative estimate of drug-likeness (QED) is 0.635. The van der Waals surface area contributed by atoms with Gasteiger partial charge in [-0.3, -0.25) is 4.79 Å². The SMILES string of the molecule is COC(=O)c1ccc(Cl)c(Cn2cnc(C=O)c2)c1. The molecule has 0 atom stereocenters. The third-order valence-electron chi connectivity index (χ3n) is 2.59. The minimum absolute atomic E-state index is 0.347. The fourth-order valence-corrected chi connectivity index (χ4v) is 1.84. The lowest BCUT2D eigenvalue weighted by atomic mass is 10.1. The van der Waals surface area contributed by atoms with E-state index < -0.39 is 5.97 Å². The molecule has 2 rings (SSSR count). The molecule has 0 amide bonds. The van der Waals surface area contributed by atoms with Gasteiger partial charge in [-0.15, -0.1) is 0 Å². The maximum atomic E-state index is 11.4. The molecule has 6 heteroatoms. The zero-order valence-electron chi connectivity index (χ0n) is 10.2. The number of imidazole rings is 1. The molecule has 0 N–H and O–H groups in total. The maximum Gasteiger partial charge on any atom is 0.337 e. The van der Waals surface area contributed by atoms with Gasteiger partial charge in [0.1, 0.15) is 5.69 Å². The first-order chi connectivity index (χ1) is 9.13. The highest BCUT2D eigenvalue weighted by molar-refractivity contribution is 6.31. The molecule has 19 heavy (non-hydrogen) atoms. The van der Waals surface area contributed by atoms with Gasteiger partial charge in [-0.1, -0.05) is 11.6 Å². The Kier molecular flexibility index (Phi) is 3.97. The number of aromatic nitrogens is 2. The number of aldehydes is 1. The first-order valence-electron chi connectivity index (χ1n) is 5.47. The molecule has 1 aromatic carbocycles. The number of hydrogen-bond donors (Lipinski definition) is 0. The van der Waals surface area contributed by atoms with E-state index in [1.54, 1.807) is 29.0 Å². The van der Waals surface area contributed by atoms with Gasteiger partial charge in [0, 0.05) is 11.2 Å². The average molecular weight is 279 g/mol. The molecule has 2 aromatic rings. The topological polar surface area (TPSA) is 61.2 Å². The van der Waals surface area contributed by atoms with Gasteiger partial charge in [-0.2, -0.15) is 0 Å². The Morgan fingerprint density at radius 1 is 1.53 bits per heavy atom. The average Bonchev–Trinajstić information content (AvgIpc) is 2.88. The Hall–Kier alpha value is -2.14. The van der Waals surface area contributed by atoms with Gasteiger partial charge in [0.25, 0.3) is 0 Å². The van der Waals surface area contributed by atoms with Crippen LogP contribution in [-0.4, -0.2) is 28.9 Å². The second kappa shape index (κ2) is 5.67. The number of carbonyl (C=O) groups excluding carboxylic acids is 2. The van der Waals surface area contributed by atoms with Gasteiger partial charge in [0.15, 0.2) is 6.29 Å². The molecule has 0 aliphatic heterocycles. The predicted molar refractivity (Wildman–Crippen MR) is 69.5 cm³/mol. The van der Waals surface area contributed by atoms with Crippen LogP contribution in [0, 0.1) is 0 Å². The second-order valence-corrected chi connectivity index (χ2v) is 4.29. The largest absolute Gasteiger partial charge is 0.465 e. The summed E-state index contributed by atoms with van der Waals surface area (Å²) in [5.41, 5.74) is 1.53. The Morgan fingerprint density at radius 2 is 2.32 bits per heavy atom. The van der Waals surface area contributed by atoms with E-state index in [9.17, 15) is 9.59 Å². The van der Waals surface area contributed by atoms with Crippen molar-refractivity contribution in [1.82, 2.24) is 9.55 Å². The van der Waals surface area contributed by atoms with Crippen molar-refractivity contribution in [3.05, 3.63) is 52.6 Å². The van der Waals surface area contributed by atoms with Gasteiger partial charge >= 0.3 is 5.97 Å². The molecular formula is C13H11ClN2O3. The molecule has 0 fully saturated rings. The molecule has 98 valence electrons. The first kappa shape index (κ1) is 13.3. The van der Waals surface area contributed by atoms with Crippen LogP contribution in [0.25, 0.3) is 0 Å². The number of benzene rings is 1. The molecule has 0 saturated carbocycles. The van der Waals surface area contributed by atoms with E-state index in [0.717, 1.165) is 5.56 Å². The third kappa shape index (κ3) is 3.00. The van der Waals surface area contributed by atoms with Crippen molar-refractivity contribution in [2.24, 2.45) is 0 Å². The fraction of sp³-hybridized carbons (Fsp3) is 0.154. The van der Waals surface area contributed by atoms with Crippen LogP contribution < -0.4 is 0 Å². The van der Waals surface area contributed by atoms with E-state index in [1.165, 1.54) is 13.4 Å². The van der Waals surface area contributed by atoms with Crippen LogP contribution >= 0.6 is 11.6 Å². The molecule has 1 heterocycles. The van der Waals surface area contributed by atoms with Crippen LogP contribution in [0.2, 0.25) is 5.02 Å². The number of hydrogen-bond acceptors (Lipinski definition) is 4. The summed E-state index contributed by atoms with van der Waals surface area (Å²) >= 11 is 6.08. The highest BCUT2D eigenvalue weighted by Gasteiger charge is 2.09. The number of halogens is 1. The van der Waals surface area contributed by atoms with Gasteiger partial charge in [-0.05, 0) is 23.8 Å². The van der Waals surface area contributed by atoms with Gasteiger partial charge in [0.05, 0.1) is 25.5 Å². The predicted octanol–water partition coefficient (Wildman–Crippen LogP) is 2.18. The van der Waals surface area contributed by atoms with Crippen LogP contribution in [0.3, 0.4) is 0 Å². The maximum absolute atomic E-state index is 11.4. The second-order valence-electron chi connectivity index (χ2n) is 3.89. The monoisotopic (exact) mass is 278 g/mol. The van der Waals surface area contributed by atoms with E-state index in [0.29, 0.717) is 29.1 Å². The van der Waals surface area contributed by atoms with E-state index in [4.69, 9.17) is 11.6 Å². The Bertz CT molecular complexity index is 622. The molecule has 0 saturated heterocycles. The highest BCUT2D eigenvalue weighted by atomic mass is 35.5. The molecular weight excluding hydrogens is 268 g/mol.